The van der Waals surface area contributed by atoms with Crippen molar-refractivity contribution >= 4 is 0 Å². The van der Waals surface area contributed by atoms with Crippen molar-refractivity contribution in [3.8, 4) is 0 Å². The second-order valence-electron chi connectivity index (χ2n) is 5.58. The van der Waals surface area contributed by atoms with Gasteiger partial charge in [-0.1, -0.05) is 12.8 Å². The third kappa shape index (κ3) is 1.59. The fourth-order valence-electron chi connectivity index (χ4n) is 3.44. The Morgan fingerprint density at radius 2 is 2.00 bits per heavy atom. The first-order chi connectivity index (χ1) is 6.86. The normalized spacial score (nSPS) is 50.8. The number of aliphatic hydroxyl groups excluding tert-OH is 1. The summed E-state index contributed by atoms with van der Waals surface area (Å²) in [4.78, 5) is 0. The summed E-state index contributed by atoms with van der Waals surface area (Å²) in [6.45, 7) is 0.398. The molecule has 2 N–H and O–H groups in total. The minimum absolute atomic E-state index is 0.398. The van der Waals surface area contributed by atoms with Crippen molar-refractivity contribution in [1.29, 1.82) is 0 Å². The molecule has 0 aromatic heterocycles. The van der Waals surface area contributed by atoms with Gasteiger partial charge in [0.1, 0.15) is 0 Å². The van der Waals surface area contributed by atoms with Crippen LogP contribution in [0, 0.1) is 17.8 Å². The smallest absolute Gasteiger partial charge is 0.0460 e. The predicted octanol–water partition coefficient (Wildman–Crippen LogP) is 1.54. The molecule has 0 radical (unpaired) electrons. The van der Waals surface area contributed by atoms with E-state index in [1.165, 1.54) is 38.5 Å². The van der Waals surface area contributed by atoms with Gasteiger partial charge in [0.05, 0.1) is 0 Å². The van der Waals surface area contributed by atoms with Crippen molar-refractivity contribution in [2.75, 3.05) is 6.61 Å². The molecule has 3 atom stereocenters. The SMILES string of the molecule is OCC1CC(NC2CCC[C@@H]3C[C@H]23)C1. The molecular formula is C12H21NO. The third-order valence-corrected chi connectivity index (χ3v) is 4.53. The Morgan fingerprint density at radius 1 is 1.14 bits per heavy atom. The summed E-state index contributed by atoms with van der Waals surface area (Å²) in [6, 6.07) is 1.56. The lowest BCUT2D eigenvalue weighted by atomic mass is 9.80. The Labute approximate surface area is 86.1 Å². The van der Waals surface area contributed by atoms with Crippen molar-refractivity contribution in [2.45, 2.75) is 50.6 Å². The third-order valence-electron chi connectivity index (χ3n) is 4.53. The van der Waals surface area contributed by atoms with E-state index in [-0.39, 0.29) is 0 Å². The molecule has 3 aliphatic rings. The van der Waals surface area contributed by atoms with Crippen LogP contribution in [0.3, 0.4) is 0 Å². The average molecular weight is 195 g/mol. The van der Waals surface area contributed by atoms with Crippen LogP contribution in [-0.4, -0.2) is 23.8 Å². The first-order valence-electron chi connectivity index (χ1n) is 6.23. The van der Waals surface area contributed by atoms with Gasteiger partial charge in [0.15, 0.2) is 0 Å². The minimum Gasteiger partial charge on any atom is -0.396 e. The summed E-state index contributed by atoms with van der Waals surface area (Å²) in [6.07, 6.45) is 8.26. The van der Waals surface area contributed by atoms with Gasteiger partial charge in [-0.05, 0) is 43.4 Å². The van der Waals surface area contributed by atoms with Crippen molar-refractivity contribution < 1.29 is 5.11 Å². The summed E-state index contributed by atoms with van der Waals surface area (Å²) in [5.41, 5.74) is 0. The molecule has 0 bridgehead atoms. The van der Waals surface area contributed by atoms with E-state index in [0.717, 1.165) is 23.9 Å². The predicted molar refractivity (Wildman–Crippen MR) is 56.0 cm³/mol. The molecule has 0 heterocycles. The summed E-state index contributed by atoms with van der Waals surface area (Å²) in [7, 11) is 0. The Bertz CT molecular complexity index is 212. The van der Waals surface area contributed by atoms with Gasteiger partial charge in [0.2, 0.25) is 0 Å². The van der Waals surface area contributed by atoms with E-state index in [0.29, 0.717) is 12.5 Å². The van der Waals surface area contributed by atoms with Crippen LogP contribution in [0.5, 0.6) is 0 Å². The second kappa shape index (κ2) is 3.49. The maximum Gasteiger partial charge on any atom is 0.0460 e. The topological polar surface area (TPSA) is 32.3 Å². The number of hydrogen-bond acceptors (Lipinski definition) is 2. The van der Waals surface area contributed by atoms with Crippen molar-refractivity contribution in [3.05, 3.63) is 0 Å². The van der Waals surface area contributed by atoms with E-state index in [9.17, 15) is 0 Å². The second-order valence-corrected chi connectivity index (χ2v) is 5.58. The molecule has 1 unspecified atom stereocenters. The Hall–Kier alpha value is -0.0800. The lowest BCUT2D eigenvalue weighted by molar-refractivity contribution is 0.114. The maximum atomic E-state index is 8.94. The van der Waals surface area contributed by atoms with E-state index < -0.39 is 0 Å². The van der Waals surface area contributed by atoms with Crippen LogP contribution in [0.1, 0.15) is 38.5 Å². The van der Waals surface area contributed by atoms with Crippen LogP contribution < -0.4 is 5.32 Å². The highest BCUT2D eigenvalue weighted by Gasteiger charge is 2.46. The first kappa shape index (κ1) is 9.17. The molecule has 3 rings (SSSR count). The van der Waals surface area contributed by atoms with Gasteiger partial charge in [-0.3, -0.25) is 0 Å². The summed E-state index contributed by atoms with van der Waals surface area (Å²) in [5, 5.41) is 12.7. The largest absolute Gasteiger partial charge is 0.396 e. The molecule has 14 heavy (non-hydrogen) atoms. The average Bonchev–Trinajstić information content (AvgIpc) is 2.89. The molecule has 3 aliphatic carbocycles. The molecule has 0 aliphatic heterocycles. The zero-order valence-corrected chi connectivity index (χ0v) is 8.78. The van der Waals surface area contributed by atoms with Gasteiger partial charge in [-0.25, -0.2) is 0 Å². The molecule has 2 nitrogen and oxygen atoms in total. The number of hydrogen-bond donors (Lipinski definition) is 2. The van der Waals surface area contributed by atoms with Gasteiger partial charge in [-0.2, -0.15) is 0 Å². The van der Waals surface area contributed by atoms with Crippen molar-refractivity contribution in [2.24, 2.45) is 17.8 Å². The lowest BCUT2D eigenvalue weighted by Crippen LogP contribution is -2.48. The van der Waals surface area contributed by atoms with Crippen LogP contribution in [0.4, 0.5) is 0 Å². The highest BCUT2D eigenvalue weighted by atomic mass is 16.3. The number of nitrogens with one attached hydrogen (secondary N) is 1. The number of aliphatic hydroxyl groups is 1. The highest BCUT2D eigenvalue weighted by Crippen LogP contribution is 2.50. The van der Waals surface area contributed by atoms with E-state index in [2.05, 4.69) is 5.32 Å². The monoisotopic (exact) mass is 195 g/mol. The van der Waals surface area contributed by atoms with E-state index in [4.69, 9.17) is 5.11 Å². The van der Waals surface area contributed by atoms with Gasteiger partial charge in [0, 0.05) is 18.7 Å². The standard InChI is InChI=1S/C12H21NO/c14-7-8-4-10(5-8)13-12-3-1-2-9-6-11(9)12/h8-14H,1-7H2/t8?,9-,10?,11+,12?/m1/s1. The summed E-state index contributed by atoms with van der Waals surface area (Å²) in [5.74, 6) is 2.71. The van der Waals surface area contributed by atoms with Gasteiger partial charge < -0.3 is 10.4 Å². The molecule has 3 saturated carbocycles. The van der Waals surface area contributed by atoms with Crippen LogP contribution in [0.2, 0.25) is 0 Å². The molecule has 0 aromatic carbocycles. The fourth-order valence-corrected chi connectivity index (χ4v) is 3.44. The maximum absolute atomic E-state index is 8.94. The fraction of sp³-hybridized carbons (Fsp3) is 1.00. The number of fused-ring (bicyclic) bond motifs is 1. The molecule has 3 fully saturated rings. The van der Waals surface area contributed by atoms with Gasteiger partial charge >= 0.3 is 0 Å². The number of rotatable bonds is 3. The zero-order valence-electron chi connectivity index (χ0n) is 8.78. The molecular weight excluding hydrogens is 174 g/mol. The van der Waals surface area contributed by atoms with Crippen molar-refractivity contribution in [3.63, 3.8) is 0 Å². The first-order valence-corrected chi connectivity index (χ1v) is 6.23. The Balaban J connectivity index is 1.44. The van der Waals surface area contributed by atoms with Crippen LogP contribution in [-0.2, 0) is 0 Å². The minimum atomic E-state index is 0.398. The summed E-state index contributed by atoms with van der Waals surface area (Å²) >= 11 is 0. The quantitative estimate of drug-likeness (QED) is 0.716. The Morgan fingerprint density at radius 3 is 2.79 bits per heavy atom. The zero-order chi connectivity index (χ0) is 9.54. The molecule has 0 aromatic rings. The molecule has 2 heteroatoms. The van der Waals surface area contributed by atoms with E-state index in [1.807, 2.05) is 0 Å². The van der Waals surface area contributed by atoms with E-state index in [1.54, 1.807) is 0 Å². The molecule has 0 amide bonds. The van der Waals surface area contributed by atoms with Crippen LogP contribution >= 0.6 is 0 Å². The molecule has 80 valence electrons. The lowest BCUT2D eigenvalue weighted by Gasteiger charge is -2.38. The van der Waals surface area contributed by atoms with Gasteiger partial charge in [-0.15, -0.1) is 0 Å². The Kier molecular flexibility index (Phi) is 2.29. The van der Waals surface area contributed by atoms with Gasteiger partial charge in [0.25, 0.3) is 0 Å². The highest BCUT2D eigenvalue weighted by molar-refractivity contribution is 5.00. The van der Waals surface area contributed by atoms with Crippen molar-refractivity contribution in [1.82, 2.24) is 5.32 Å². The van der Waals surface area contributed by atoms with Crippen LogP contribution in [0.15, 0.2) is 0 Å². The van der Waals surface area contributed by atoms with E-state index >= 15 is 0 Å². The summed E-state index contributed by atoms with van der Waals surface area (Å²) < 4.78 is 0. The molecule has 0 saturated heterocycles. The van der Waals surface area contributed by atoms with Crippen LogP contribution in [0.25, 0.3) is 0 Å². The molecule has 0 spiro atoms.